The van der Waals surface area contributed by atoms with Crippen molar-refractivity contribution in [1.82, 2.24) is 9.97 Å². The number of aromatic nitrogens is 2. The monoisotopic (exact) mass is 423 g/mol. The van der Waals surface area contributed by atoms with Crippen molar-refractivity contribution in [3.63, 3.8) is 0 Å². The molecule has 4 rings (SSSR count). The van der Waals surface area contributed by atoms with Crippen LogP contribution in [0.5, 0.6) is 5.75 Å². The summed E-state index contributed by atoms with van der Waals surface area (Å²) in [7, 11) is 0. The summed E-state index contributed by atoms with van der Waals surface area (Å²) in [5, 5.41) is 13.2. The van der Waals surface area contributed by atoms with Gasteiger partial charge in [0.05, 0.1) is 12.3 Å². The Bertz CT molecular complexity index is 1000. The number of halogens is 1. The van der Waals surface area contributed by atoms with Crippen LogP contribution in [-0.2, 0) is 11.2 Å². The van der Waals surface area contributed by atoms with Crippen LogP contribution in [0.2, 0.25) is 5.02 Å². The number of nitrogens with zero attached hydrogens (tertiary/aromatic N) is 2. The molecule has 0 spiro atoms. The molecule has 0 aliphatic heterocycles. The van der Waals surface area contributed by atoms with Gasteiger partial charge in [0.25, 0.3) is 0 Å². The molecular weight excluding hydrogens is 402 g/mol. The third-order valence-electron chi connectivity index (χ3n) is 4.97. The number of carboxylic acids is 1. The van der Waals surface area contributed by atoms with Gasteiger partial charge in [-0.1, -0.05) is 23.7 Å². The summed E-state index contributed by atoms with van der Waals surface area (Å²) in [6, 6.07) is 15.8. The minimum atomic E-state index is -0.956. The van der Waals surface area contributed by atoms with E-state index in [-0.39, 0.29) is 0 Å². The normalized spacial score (nSPS) is 14.2. The van der Waals surface area contributed by atoms with E-state index < -0.39 is 12.0 Å². The highest BCUT2D eigenvalue weighted by Crippen LogP contribution is 2.30. The fourth-order valence-electron chi connectivity index (χ4n) is 3.05. The van der Waals surface area contributed by atoms with Gasteiger partial charge in [0.2, 0.25) is 0 Å². The Morgan fingerprint density at radius 2 is 1.87 bits per heavy atom. The molecule has 30 heavy (non-hydrogen) atoms. The molecule has 1 fully saturated rings. The maximum atomic E-state index is 11.7. The molecule has 1 saturated carbocycles. The molecular formula is C23H22ClN3O3. The van der Waals surface area contributed by atoms with Crippen LogP contribution in [0.3, 0.4) is 0 Å². The van der Waals surface area contributed by atoms with Crippen LogP contribution in [0.25, 0.3) is 11.3 Å². The van der Waals surface area contributed by atoms with Gasteiger partial charge < -0.3 is 15.2 Å². The number of ether oxygens (including phenoxy) is 1. The fraction of sp³-hybridized carbons (Fsp3) is 0.261. The zero-order valence-electron chi connectivity index (χ0n) is 16.3. The number of carbonyl (C=O) groups is 1. The Balaban J connectivity index is 1.44. The first-order chi connectivity index (χ1) is 14.6. The number of benzene rings is 2. The Morgan fingerprint density at radius 1 is 1.13 bits per heavy atom. The van der Waals surface area contributed by atoms with E-state index in [0.717, 1.165) is 23.5 Å². The maximum Gasteiger partial charge on any atom is 0.326 e. The van der Waals surface area contributed by atoms with Gasteiger partial charge in [-0.2, -0.15) is 0 Å². The summed E-state index contributed by atoms with van der Waals surface area (Å²) in [6.07, 6.45) is 4.24. The summed E-state index contributed by atoms with van der Waals surface area (Å²) < 4.78 is 5.77. The zero-order valence-corrected chi connectivity index (χ0v) is 17.0. The van der Waals surface area contributed by atoms with Gasteiger partial charge in [0, 0.05) is 23.1 Å². The van der Waals surface area contributed by atoms with E-state index in [9.17, 15) is 9.90 Å². The lowest BCUT2D eigenvalue weighted by molar-refractivity contribution is -0.137. The number of anilines is 1. The van der Waals surface area contributed by atoms with Crippen LogP contribution in [-0.4, -0.2) is 33.7 Å². The molecule has 1 aromatic heterocycles. The molecule has 7 heteroatoms. The lowest BCUT2D eigenvalue weighted by atomic mass is 10.1. The molecule has 0 saturated heterocycles. The minimum Gasteiger partial charge on any atom is -0.493 e. The van der Waals surface area contributed by atoms with Crippen LogP contribution in [0.4, 0.5) is 5.82 Å². The highest BCUT2D eigenvalue weighted by Gasteiger charge is 2.22. The van der Waals surface area contributed by atoms with E-state index in [1.165, 1.54) is 19.2 Å². The molecule has 1 heterocycles. The van der Waals surface area contributed by atoms with Crippen molar-refractivity contribution in [2.45, 2.75) is 25.3 Å². The second kappa shape index (κ2) is 9.13. The van der Waals surface area contributed by atoms with Gasteiger partial charge in [-0.3, -0.25) is 0 Å². The Morgan fingerprint density at radius 3 is 2.53 bits per heavy atom. The molecule has 6 nitrogen and oxygen atoms in total. The van der Waals surface area contributed by atoms with Gasteiger partial charge in [-0.05, 0) is 60.7 Å². The van der Waals surface area contributed by atoms with Crippen molar-refractivity contribution in [1.29, 1.82) is 0 Å². The topological polar surface area (TPSA) is 84.3 Å². The maximum absolute atomic E-state index is 11.7. The number of hydrogen-bond donors (Lipinski definition) is 2. The van der Waals surface area contributed by atoms with E-state index in [0.29, 0.717) is 28.9 Å². The average Bonchev–Trinajstić information content (AvgIpc) is 3.58. The first kappa shape index (κ1) is 20.2. The lowest BCUT2D eigenvalue weighted by Crippen LogP contribution is -2.31. The fourth-order valence-corrected chi connectivity index (χ4v) is 3.18. The molecule has 154 valence electrons. The Labute approximate surface area is 179 Å². The Hall–Kier alpha value is -3.12. The van der Waals surface area contributed by atoms with Crippen molar-refractivity contribution in [2.75, 3.05) is 11.9 Å². The average molecular weight is 424 g/mol. The standard InChI is InChI=1S/C23H22ClN3O3/c24-18-7-3-15(4-8-18)11-21(23(28)29)27-22-12-20(25-14-26-22)17-5-9-19(10-6-17)30-13-16-1-2-16/h3-10,12,14,16,21H,1-2,11,13H2,(H,28,29)(H,25,26,27). The summed E-state index contributed by atoms with van der Waals surface area (Å²) in [6.45, 7) is 0.769. The highest BCUT2D eigenvalue weighted by molar-refractivity contribution is 6.30. The predicted octanol–water partition coefficient (Wildman–Crippen LogP) is 4.69. The summed E-state index contributed by atoms with van der Waals surface area (Å²) in [5.74, 6) is 1.04. The van der Waals surface area contributed by atoms with Crippen molar-refractivity contribution in [3.05, 3.63) is 71.5 Å². The molecule has 0 bridgehead atoms. The van der Waals surface area contributed by atoms with Crippen LogP contribution in [0.1, 0.15) is 18.4 Å². The second-order valence-electron chi connectivity index (χ2n) is 7.43. The molecule has 1 aliphatic carbocycles. The second-order valence-corrected chi connectivity index (χ2v) is 7.87. The van der Waals surface area contributed by atoms with Crippen LogP contribution in [0.15, 0.2) is 60.9 Å². The highest BCUT2D eigenvalue weighted by atomic mass is 35.5. The summed E-state index contributed by atoms with van der Waals surface area (Å²) in [5.41, 5.74) is 2.48. The molecule has 1 unspecified atom stereocenters. The third kappa shape index (κ3) is 5.48. The zero-order chi connectivity index (χ0) is 20.9. The molecule has 2 aromatic carbocycles. The van der Waals surface area contributed by atoms with E-state index in [4.69, 9.17) is 16.3 Å². The number of carboxylic acid groups (broad SMARTS) is 1. The number of aliphatic carboxylic acids is 1. The van der Waals surface area contributed by atoms with E-state index in [2.05, 4.69) is 15.3 Å². The van der Waals surface area contributed by atoms with Crippen LogP contribution in [0, 0.1) is 5.92 Å². The molecule has 0 amide bonds. The van der Waals surface area contributed by atoms with Gasteiger partial charge in [-0.15, -0.1) is 0 Å². The number of rotatable bonds is 9. The smallest absolute Gasteiger partial charge is 0.326 e. The van der Waals surface area contributed by atoms with Crippen molar-refractivity contribution >= 4 is 23.4 Å². The summed E-state index contributed by atoms with van der Waals surface area (Å²) >= 11 is 5.90. The van der Waals surface area contributed by atoms with Crippen molar-refractivity contribution in [2.24, 2.45) is 5.92 Å². The number of hydrogen-bond acceptors (Lipinski definition) is 5. The van der Waals surface area contributed by atoms with Crippen molar-refractivity contribution in [3.8, 4) is 17.0 Å². The first-order valence-electron chi connectivity index (χ1n) is 9.86. The lowest BCUT2D eigenvalue weighted by Gasteiger charge is -2.15. The molecule has 2 N–H and O–H groups in total. The Kier molecular flexibility index (Phi) is 6.14. The predicted molar refractivity (Wildman–Crippen MR) is 116 cm³/mol. The minimum absolute atomic E-state index is 0.304. The van der Waals surface area contributed by atoms with E-state index in [1.807, 2.05) is 36.4 Å². The van der Waals surface area contributed by atoms with Crippen LogP contribution >= 0.6 is 11.6 Å². The van der Waals surface area contributed by atoms with E-state index in [1.54, 1.807) is 18.2 Å². The van der Waals surface area contributed by atoms with Gasteiger partial charge in [0.15, 0.2) is 0 Å². The van der Waals surface area contributed by atoms with Gasteiger partial charge >= 0.3 is 5.97 Å². The van der Waals surface area contributed by atoms with Crippen LogP contribution < -0.4 is 10.1 Å². The van der Waals surface area contributed by atoms with Gasteiger partial charge in [-0.25, -0.2) is 14.8 Å². The molecule has 1 aliphatic rings. The quantitative estimate of drug-likeness (QED) is 0.519. The molecule has 1 atom stereocenters. The van der Waals surface area contributed by atoms with Gasteiger partial charge in [0.1, 0.15) is 23.9 Å². The number of nitrogens with one attached hydrogen (secondary N) is 1. The molecule has 3 aromatic rings. The SMILES string of the molecule is O=C(O)C(Cc1ccc(Cl)cc1)Nc1cc(-c2ccc(OCC3CC3)cc2)ncn1. The van der Waals surface area contributed by atoms with Crippen molar-refractivity contribution < 1.29 is 14.6 Å². The molecule has 0 radical (unpaired) electrons. The summed E-state index contributed by atoms with van der Waals surface area (Å²) in [4.78, 5) is 20.2. The first-order valence-corrected chi connectivity index (χ1v) is 10.2. The third-order valence-corrected chi connectivity index (χ3v) is 5.23. The largest absolute Gasteiger partial charge is 0.493 e. The van der Waals surface area contributed by atoms with E-state index >= 15 is 0 Å².